The van der Waals surface area contributed by atoms with Gasteiger partial charge in [0.25, 0.3) is 0 Å². The first kappa shape index (κ1) is 34.5. The molecular weight excluding hydrogens is 669 g/mol. The Balaban J connectivity index is 1.43. The number of primary amides is 1. The third-order valence-electron chi connectivity index (χ3n) is 7.50. The van der Waals surface area contributed by atoms with Crippen LogP contribution in [0.25, 0.3) is 16.8 Å². The minimum Gasteiger partial charge on any atom is -0.406 e. The van der Waals surface area contributed by atoms with Crippen molar-refractivity contribution in [3.8, 4) is 22.6 Å². The van der Waals surface area contributed by atoms with E-state index in [0.717, 1.165) is 41.1 Å². The number of anilines is 2. The zero-order valence-electron chi connectivity index (χ0n) is 26.4. The maximum Gasteiger partial charge on any atom is 0.573 e. The van der Waals surface area contributed by atoms with Crippen LogP contribution in [0.15, 0.2) is 59.6 Å². The summed E-state index contributed by atoms with van der Waals surface area (Å²) in [6.45, 7) is 9.27. The Bertz CT molecular complexity index is 1990. The van der Waals surface area contributed by atoms with Crippen LogP contribution >= 0.6 is 23.4 Å². The SMILES string of the molecule is Cc1ccc(C(C)C)c(N2C(=O)CSC2=NC(=O)Nc2ccc(-n3nc(C)c(-c4cc(OC(F)(F)F)ccc4C(N)=O)c3C)cc2Cl)c1. The summed E-state index contributed by atoms with van der Waals surface area (Å²) in [6.07, 6.45) is -4.94. The van der Waals surface area contributed by atoms with Crippen LogP contribution < -0.4 is 20.7 Å². The highest BCUT2D eigenvalue weighted by Crippen LogP contribution is 2.37. The van der Waals surface area contributed by atoms with Crippen molar-refractivity contribution in [2.75, 3.05) is 16.0 Å². The monoisotopic (exact) mass is 698 g/mol. The largest absolute Gasteiger partial charge is 0.573 e. The highest BCUT2D eigenvalue weighted by Gasteiger charge is 2.33. The average molecular weight is 699 g/mol. The van der Waals surface area contributed by atoms with E-state index in [1.54, 1.807) is 26.0 Å². The summed E-state index contributed by atoms with van der Waals surface area (Å²) >= 11 is 7.73. The summed E-state index contributed by atoms with van der Waals surface area (Å²) in [4.78, 5) is 43.8. The van der Waals surface area contributed by atoms with Crippen molar-refractivity contribution in [3.63, 3.8) is 0 Å². The molecule has 3 aromatic carbocycles. The number of benzene rings is 3. The number of rotatable bonds is 7. The van der Waals surface area contributed by atoms with Gasteiger partial charge in [0.15, 0.2) is 5.17 Å². The molecule has 0 spiro atoms. The molecule has 15 heteroatoms. The van der Waals surface area contributed by atoms with Crippen LogP contribution in [-0.2, 0) is 4.79 Å². The summed E-state index contributed by atoms with van der Waals surface area (Å²) in [5.74, 6) is -1.29. The van der Waals surface area contributed by atoms with Gasteiger partial charge in [-0.15, -0.1) is 13.2 Å². The highest BCUT2D eigenvalue weighted by molar-refractivity contribution is 8.15. The van der Waals surface area contributed by atoms with Crippen molar-refractivity contribution in [2.45, 2.75) is 46.9 Å². The molecule has 2 heterocycles. The van der Waals surface area contributed by atoms with Gasteiger partial charge in [0.1, 0.15) is 5.75 Å². The molecule has 4 amide bonds. The predicted molar refractivity (Wildman–Crippen MR) is 180 cm³/mol. The molecule has 0 atom stereocenters. The number of aryl methyl sites for hydroxylation is 2. The number of aromatic nitrogens is 2. The van der Waals surface area contributed by atoms with E-state index in [9.17, 15) is 27.6 Å². The Hall–Kier alpha value is -4.82. The number of hydrogen-bond acceptors (Lipinski definition) is 6. The first-order chi connectivity index (χ1) is 22.5. The first-order valence-corrected chi connectivity index (χ1v) is 15.9. The van der Waals surface area contributed by atoms with Crippen LogP contribution in [0.5, 0.6) is 5.75 Å². The number of nitrogens with two attached hydrogens (primary N) is 1. The van der Waals surface area contributed by atoms with E-state index in [1.165, 1.54) is 15.6 Å². The minimum atomic E-state index is -4.94. The molecule has 0 radical (unpaired) electrons. The lowest BCUT2D eigenvalue weighted by molar-refractivity contribution is -0.274. The number of carbonyl (C=O) groups excluding carboxylic acids is 3. The Morgan fingerprint density at radius 1 is 1.08 bits per heavy atom. The van der Waals surface area contributed by atoms with Gasteiger partial charge < -0.3 is 15.8 Å². The molecule has 4 aromatic rings. The normalized spacial score (nSPS) is 14.2. The quantitative estimate of drug-likeness (QED) is 0.202. The van der Waals surface area contributed by atoms with Crippen LogP contribution in [0, 0.1) is 20.8 Å². The molecular formula is C33H30ClF3N6O4S. The smallest absolute Gasteiger partial charge is 0.406 e. The zero-order valence-corrected chi connectivity index (χ0v) is 28.0. The number of ether oxygens (including phenoxy) is 1. The summed E-state index contributed by atoms with van der Waals surface area (Å²) in [6, 6.07) is 13.1. The minimum absolute atomic E-state index is 0.0171. The van der Waals surface area contributed by atoms with Crippen LogP contribution in [0.2, 0.25) is 5.02 Å². The van der Waals surface area contributed by atoms with Crippen LogP contribution in [-0.4, -0.2) is 44.9 Å². The Morgan fingerprint density at radius 2 is 1.81 bits per heavy atom. The number of urea groups is 1. The number of nitrogens with zero attached hydrogens (tertiary/aromatic N) is 4. The van der Waals surface area contributed by atoms with Gasteiger partial charge in [0.05, 0.1) is 33.5 Å². The van der Waals surface area contributed by atoms with E-state index in [-0.39, 0.29) is 44.6 Å². The Labute approximate surface area is 283 Å². The topological polar surface area (TPSA) is 132 Å². The fraction of sp³-hybridized carbons (Fsp3) is 0.242. The van der Waals surface area contributed by atoms with Crippen LogP contribution in [0.4, 0.5) is 29.3 Å². The number of thioether (sulfide) groups is 1. The summed E-state index contributed by atoms with van der Waals surface area (Å²) in [5, 5.41) is 7.57. The molecule has 1 aromatic heterocycles. The van der Waals surface area contributed by atoms with Crippen molar-refractivity contribution in [2.24, 2.45) is 10.7 Å². The number of amidine groups is 1. The second-order valence-corrected chi connectivity index (χ2v) is 12.7. The summed E-state index contributed by atoms with van der Waals surface area (Å²) < 4.78 is 44.4. The zero-order chi connectivity index (χ0) is 35.1. The third kappa shape index (κ3) is 7.19. The fourth-order valence-corrected chi connectivity index (χ4v) is 6.49. The Morgan fingerprint density at radius 3 is 2.46 bits per heavy atom. The Kier molecular flexibility index (Phi) is 9.60. The first-order valence-electron chi connectivity index (χ1n) is 14.6. The molecule has 10 nitrogen and oxygen atoms in total. The van der Waals surface area contributed by atoms with Crippen molar-refractivity contribution >= 4 is 57.8 Å². The molecule has 0 bridgehead atoms. The fourth-order valence-electron chi connectivity index (χ4n) is 5.41. The van der Waals surface area contributed by atoms with Gasteiger partial charge in [-0.05, 0) is 80.3 Å². The van der Waals surface area contributed by atoms with E-state index in [2.05, 4.69) is 20.1 Å². The molecule has 1 fully saturated rings. The molecule has 250 valence electrons. The number of alkyl halides is 3. The maximum atomic E-state index is 13.1. The number of amides is 4. The van der Waals surface area contributed by atoms with Crippen molar-refractivity contribution in [1.82, 2.24) is 9.78 Å². The van der Waals surface area contributed by atoms with Gasteiger partial charge in [0, 0.05) is 22.4 Å². The van der Waals surface area contributed by atoms with Crippen LogP contribution in [0.1, 0.15) is 52.6 Å². The van der Waals surface area contributed by atoms with Gasteiger partial charge in [-0.2, -0.15) is 10.1 Å². The predicted octanol–water partition coefficient (Wildman–Crippen LogP) is 7.91. The van der Waals surface area contributed by atoms with Crippen molar-refractivity contribution < 1.29 is 32.3 Å². The molecule has 0 unspecified atom stereocenters. The van der Waals surface area contributed by atoms with Gasteiger partial charge in [-0.25, -0.2) is 9.48 Å². The van der Waals surface area contributed by atoms with Gasteiger partial charge in [-0.1, -0.05) is 49.3 Å². The third-order valence-corrected chi connectivity index (χ3v) is 8.74. The molecule has 0 aliphatic carbocycles. The second kappa shape index (κ2) is 13.4. The second-order valence-electron chi connectivity index (χ2n) is 11.3. The maximum absolute atomic E-state index is 13.1. The average Bonchev–Trinajstić information content (AvgIpc) is 3.49. The van der Waals surface area contributed by atoms with E-state index >= 15 is 0 Å². The van der Waals surface area contributed by atoms with Crippen molar-refractivity contribution in [3.05, 3.63) is 87.7 Å². The summed E-state index contributed by atoms with van der Waals surface area (Å²) in [5.41, 5.74) is 10.2. The van der Waals surface area contributed by atoms with E-state index in [1.807, 2.05) is 39.0 Å². The highest BCUT2D eigenvalue weighted by atomic mass is 35.5. The van der Waals surface area contributed by atoms with E-state index in [0.29, 0.717) is 28.3 Å². The van der Waals surface area contributed by atoms with Crippen molar-refractivity contribution in [1.29, 1.82) is 0 Å². The van der Waals surface area contributed by atoms with E-state index < -0.39 is 24.1 Å². The number of nitrogens with one attached hydrogen (secondary N) is 1. The lowest BCUT2D eigenvalue weighted by Crippen LogP contribution is -2.31. The molecule has 1 aliphatic rings. The van der Waals surface area contributed by atoms with Gasteiger partial charge in [0.2, 0.25) is 11.8 Å². The lowest BCUT2D eigenvalue weighted by Gasteiger charge is -2.22. The summed E-state index contributed by atoms with van der Waals surface area (Å²) in [7, 11) is 0. The molecule has 1 saturated heterocycles. The molecule has 48 heavy (non-hydrogen) atoms. The lowest BCUT2D eigenvalue weighted by atomic mass is 9.97. The molecule has 0 saturated carbocycles. The van der Waals surface area contributed by atoms with Gasteiger partial charge >= 0.3 is 12.4 Å². The number of aliphatic imine (C=N–C) groups is 1. The molecule has 5 rings (SSSR count). The van der Waals surface area contributed by atoms with Gasteiger partial charge in [-0.3, -0.25) is 14.5 Å². The number of hydrogen-bond donors (Lipinski definition) is 2. The standard InChI is InChI=1S/C33H30ClF3N6O4S/c1-16(2)22-9-6-17(3)12-27(22)42-28(44)15-48-32(42)40-31(46)39-26-11-7-20(13-25(26)34)43-19(5)29(18(4)41-43)24-14-21(47-33(35,36)37)8-10-23(24)30(38)45/h6-14,16H,15H2,1-5H3,(H2,38,45)(H,39,46). The number of halogens is 4. The molecule has 1 aliphatic heterocycles. The van der Waals surface area contributed by atoms with Crippen LogP contribution in [0.3, 0.4) is 0 Å². The number of carbonyl (C=O) groups is 3. The molecule has 3 N–H and O–H groups in total. The van der Waals surface area contributed by atoms with E-state index in [4.69, 9.17) is 17.3 Å².